The lowest BCUT2D eigenvalue weighted by molar-refractivity contribution is -0.146. The molecule has 0 saturated carbocycles. The van der Waals surface area contributed by atoms with Gasteiger partial charge >= 0.3 is 6.18 Å². The number of hydrogen-bond donors (Lipinski definition) is 0. The zero-order valence-electron chi connectivity index (χ0n) is 18.1. The molecule has 0 aromatic carbocycles. The molecule has 0 N–H and O–H groups in total. The Morgan fingerprint density at radius 3 is 2.29 bits per heavy atom. The fourth-order valence-electron chi connectivity index (χ4n) is 4.42. The molecule has 0 radical (unpaired) electrons. The number of hydrogen-bond acceptors (Lipinski definition) is 7. The second kappa shape index (κ2) is 8.85. The van der Waals surface area contributed by atoms with Crippen molar-refractivity contribution < 1.29 is 22.8 Å². The summed E-state index contributed by atoms with van der Waals surface area (Å²) < 4.78 is 40.1. The number of aromatic nitrogens is 4. The van der Waals surface area contributed by atoms with E-state index in [1.54, 1.807) is 17.0 Å². The van der Waals surface area contributed by atoms with Crippen molar-refractivity contribution in [2.24, 2.45) is 5.92 Å². The van der Waals surface area contributed by atoms with E-state index in [4.69, 9.17) is 0 Å². The summed E-state index contributed by atoms with van der Waals surface area (Å²) >= 11 is 1.41. The Morgan fingerprint density at radius 2 is 1.65 bits per heavy atom. The fourth-order valence-corrected chi connectivity index (χ4v) is 5.12. The summed E-state index contributed by atoms with van der Waals surface area (Å²) in [5.74, 6) is -0.846. The van der Waals surface area contributed by atoms with Gasteiger partial charge in [-0.25, -0.2) is 0 Å². The van der Waals surface area contributed by atoms with Crippen molar-refractivity contribution in [1.29, 1.82) is 0 Å². The van der Waals surface area contributed by atoms with Crippen molar-refractivity contribution in [1.82, 2.24) is 29.6 Å². The zero-order valence-corrected chi connectivity index (χ0v) is 18.9. The van der Waals surface area contributed by atoms with Gasteiger partial charge in [-0.15, -0.1) is 26.6 Å². The Labute approximate surface area is 196 Å². The average molecular weight is 494 g/mol. The molecule has 34 heavy (non-hydrogen) atoms. The van der Waals surface area contributed by atoms with Crippen LogP contribution in [0.2, 0.25) is 0 Å². The molecular formula is C21H22F3N7O2S. The van der Waals surface area contributed by atoms with Crippen LogP contribution in [0.25, 0.3) is 5.65 Å². The van der Waals surface area contributed by atoms with E-state index in [0.717, 1.165) is 0 Å². The molecule has 3 aromatic heterocycles. The van der Waals surface area contributed by atoms with Gasteiger partial charge in [-0.1, -0.05) is 6.07 Å². The topological polar surface area (TPSA) is 86.9 Å². The van der Waals surface area contributed by atoms with E-state index in [9.17, 15) is 22.8 Å². The van der Waals surface area contributed by atoms with E-state index in [2.05, 4.69) is 15.3 Å². The van der Waals surface area contributed by atoms with E-state index in [0.29, 0.717) is 67.3 Å². The van der Waals surface area contributed by atoms with Crippen LogP contribution in [0, 0.1) is 5.92 Å². The van der Waals surface area contributed by atoms with Crippen molar-refractivity contribution in [3.05, 3.63) is 40.3 Å². The molecule has 5 heterocycles. The number of alkyl halides is 3. The van der Waals surface area contributed by atoms with Gasteiger partial charge in [0.05, 0.1) is 4.88 Å². The monoisotopic (exact) mass is 493 g/mol. The van der Waals surface area contributed by atoms with Crippen molar-refractivity contribution in [3.8, 4) is 0 Å². The third-order valence-corrected chi connectivity index (χ3v) is 7.14. The van der Waals surface area contributed by atoms with Gasteiger partial charge in [0.2, 0.25) is 5.91 Å². The molecule has 0 unspecified atom stereocenters. The number of piperidine rings is 1. The molecule has 0 spiro atoms. The van der Waals surface area contributed by atoms with Gasteiger partial charge in [0.25, 0.3) is 11.7 Å². The van der Waals surface area contributed by atoms with Gasteiger partial charge in [0.15, 0.2) is 5.65 Å². The lowest BCUT2D eigenvalue weighted by Crippen LogP contribution is -2.53. The number of rotatable bonds is 3. The summed E-state index contributed by atoms with van der Waals surface area (Å²) in [6, 6.07) is 6.73. The van der Waals surface area contributed by atoms with Gasteiger partial charge in [0, 0.05) is 45.2 Å². The molecule has 2 fully saturated rings. The molecule has 0 aliphatic carbocycles. The number of piperazine rings is 1. The fraction of sp³-hybridized carbons (Fsp3) is 0.476. The first kappa shape index (κ1) is 22.6. The number of thiophene rings is 1. The maximum atomic E-state index is 13.1. The van der Waals surface area contributed by atoms with Gasteiger partial charge in [-0.3, -0.25) is 9.59 Å². The molecule has 3 aromatic rings. The van der Waals surface area contributed by atoms with E-state index < -0.39 is 12.0 Å². The number of fused-ring (bicyclic) bond motifs is 1. The van der Waals surface area contributed by atoms with Gasteiger partial charge in [0.1, 0.15) is 5.82 Å². The van der Waals surface area contributed by atoms with E-state index in [1.807, 2.05) is 21.2 Å². The summed E-state index contributed by atoms with van der Waals surface area (Å²) in [6.45, 7) is 3.03. The first-order chi connectivity index (χ1) is 16.3. The molecule has 9 nitrogen and oxygen atoms in total. The minimum Gasteiger partial charge on any atom is -0.355 e. The molecule has 2 aliphatic heterocycles. The van der Waals surface area contributed by atoms with Crippen LogP contribution in [0.4, 0.5) is 19.0 Å². The van der Waals surface area contributed by atoms with Crippen molar-refractivity contribution in [2.75, 3.05) is 44.2 Å². The van der Waals surface area contributed by atoms with Gasteiger partial charge < -0.3 is 14.7 Å². The summed E-state index contributed by atoms with van der Waals surface area (Å²) in [5.41, 5.74) is 0.0258. The van der Waals surface area contributed by atoms with E-state index in [1.165, 1.54) is 17.4 Å². The van der Waals surface area contributed by atoms with Crippen molar-refractivity contribution in [3.63, 3.8) is 0 Å². The lowest BCUT2D eigenvalue weighted by atomic mass is 9.95. The maximum Gasteiger partial charge on any atom is 0.453 e. The molecule has 180 valence electrons. The largest absolute Gasteiger partial charge is 0.453 e. The highest BCUT2D eigenvalue weighted by atomic mass is 32.1. The first-order valence-electron chi connectivity index (χ1n) is 11.0. The van der Waals surface area contributed by atoms with Crippen LogP contribution in [0.3, 0.4) is 0 Å². The number of carbonyl (C=O) groups excluding carboxylic acids is 2. The minimum atomic E-state index is -4.65. The van der Waals surface area contributed by atoms with Crippen LogP contribution < -0.4 is 4.90 Å². The average Bonchev–Trinajstić information content (AvgIpc) is 3.53. The third kappa shape index (κ3) is 4.31. The molecule has 2 amide bonds. The lowest BCUT2D eigenvalue weighted by Gasteiger charge is -2.38. The number of amides is 2. The Kier molecular flexibility index (Phi) is 5.88. The smallest absolute Gasteiger partial charge is 0.355 e. The summed E-state index contributed by atoms with van der Waals surface area (Å²) in [5, 5.41) is 12.7. The molecule has 2 saturated heterocycles. The minimum absolute atomic E-state index is 0.00153. The van der Waals surface area contributed by atoms with Crippen molar-refractivity contribution >= 4 is 34.6 Å². The summed E-state index contributed by atoms with van der Waals surface area (Å²) in [7, 11) is 0. The van der Waals surface area contributed by atoms with Crippen LogP contribution >= 0.6 is 11.3 Å². The highest BCUT2D eigenvalue weighted by Crippen LogP contribution is 2.29. The summed E-state index contributed by atoms with van der Waals surface area (Å²) in [4.78, 5) is 31.7. The van der Waals surface area contributed by atoms with Gasteiger partial charge in [-0.2, -0.15) is 17.7 Å². The molecule has 0 atom stereocenters. The Hall–Kier alpha value is -3.22. The normalized spacial score (nSPS) is 18.0. The highest BCUT2D eigenvalue weighted by Gasteiger charge is 2.38. The van der Waals surface area contributed by atoms with E-state index in [-0.39, 0.29) is 23.4 Å². The number of halogens is 3. The Balaban J connectivity index is 1.17. The SMILES string of the molecule is O=C(c1cccs1)N1CCN(C(=O)C2CCN(c3ccc4nnc(C(F)(F)F)n4n3)CC2)CC1. The highest BCUT2D eigenvalue weighted by molar-refractivity contribution is 7.12. The molecule has 0 bridgehead atoms. The quantitative estimate of drug-likeness (QED) is 0.557. The molecule has 2 aliphatic rings. The molecule has 13 heteroatoms. The number of carbonyl (C=O) groups is 2. The number of nitrogens with zero attached hydrogens (tertiary/aromatic N) is 7. The third-order valence-electron chi connectivity index (χ3n) is 6.28. The van der Waals surface area contributed by atoms with Gasteiger partial charge in [-0.05, 0) is 36.4 Å². The molecule has 5 rings (SSSR count). The predicted octanol–water partition coefficient (Wildman–Crippen LogP) is 2.41. The van der Waals surface area contributed by atoms with Crippen LogP contribution in [0.15, 0.2) is 29.6 Å². The van der Waals surface area contributed by atoms with Crippen LogP contribution in [-0.4, -0.2) is 80.7 Å². The Bertz CT molecular complexity index is 1180. The van der Waals surface area contributed by atoms with Crippen LogP contribution in [-0.2, 0) is 11.0 Å². The molecular weight excluding hydrogens is 471 g/mol. The summed E-state index contributed by atoms with van der Waals surface area (Å²) in [6.07, 6.45) is -3.48. The zero-order chi connectivity index (χ0) is 23.9. The van der Waals surface area contributed by atoms with Crippen LogP contribution in [0.5, 0.6) is 0 Å². The number of anilines is 1. The van der Waals surface area contributed by atoms with Crippen LogP contribution in [0.1, 0.15) is 28.3 Å². The maximum absolute atomic E-state index is 13.1. The second-order valence-corrected chi connectivity index (χ2v) is 9.29. The second-order valence-electron chi connectivity index (χ2n) is 8.34. The van der Waals surface area contributed by atoms with Crippen molar-refractivity contribution in [2.45, 2.75) is 19.0 Å². The predicted molar refractivity (Wildman–Crippen MR) is 118 cm³/mol. The first-order valence-corrected chi connectivity index (χ1v) is 11.9. The Morgan fingerprint density at radius 1 is 0.941 bits per heavy atom. The standard InChI is InChI=1S/C21H22F3N7O2S/c22-21(23,24)20-26-25-16-3-4-17(27-31(16)20)28-7-5-14(6-8-28)18(32)29-9-11-30(12-10-29)19(33)15-2-1-13-34-15/h1-4,13-14H,5-12H2. The van der Waals surface area contributed by atoms with E-state index >= 15 is 0 Å².